The average molecular weight is 336 g/mol. The lowest BCUT2D eigenvalue weighted by Crippen LogP contribution is -2.14. The molecule has 20 heavy (non-hydrogen) atoms. The summed E-state index contributed by atoms with van der Waals surface area (Å²) in [4.78, 5) is 12.3. The van der Waals surface area contributed by atoms with E-state index in [4.69, 9.17) is 0 Å². The van der Waals surface area contributed by atoms with Gasteiger partial charge in [-0.2, -0.15) is 0 Å². The first-order chi connectivity index (χ1) is 9.38. The van der Waals surface area contributed by atoms with Crippen molar-refractivity contribution in [1.29, 1.82) is 0 Å². The molecule has 2 nitrogen and oxygen atoms in total. The van der Waals surface area contributed by atoms with E-state index in [-0.39, 0.29) is 11.7 Å². The number of rotatable bonds is 2. The first-order valence-corrected chi connectivity index (χ1v) is 7.02. The van der Waals surface area contributed by atoms with Crippen LogP contribution >= 0.6 is 15.9 Å². The van der Waals surface area contributed by atoms with E-state index in [0.717, 1.165) is 11.1 Å². The first kappa shape index (κ1) is 14.7. The van der Waals surface area contributed by atoms with Gasteiger partial charge in [0.05, 0.1) is 4.47 Å². The van der Waals surface area contributed by atoms with E-state index in [1.165, 1.54) is 6.07 Å². The fourth-order valence-corrected chi connectivity index (χ4v) is 2.29. The van der Waals surface area contributed by atoms with Gasteiger partial charge in [-0.05, 0) is 66.0 Å². The van der Waals surface area contributed by atoms with Crippen LogP contribution in [0.25, 0.3) is 0 Å². The second kappa shape index (κ2) is 5.75. The first-order valence-electron chi connectivity index (χ1n) is 6.22. The Morgan fingerprint density at radius 2 is 1.80 bits per heavy atom. The zero-order valence-corrected chi connectivity index (χ0v) is 13.1. The molecule has 0 heterocycles. The summed E-state index contributed by atoms with van der Waals surface area (Å²) >= 11 is 3.13. The Morgan fingerprint density at radius 3 is 2.50 bits per heavy atom. The van der Waals surface area contributed by atoms with Crippen molar-refractivity contribution in [1.82, 2.24) is 0 Å². The van der Waals surface area contributed by atoms with Crippen molar-refractivity contribution in [3.05, 3.63) is 62.9 Å². The predicted molar refractivity (Wildman–Crippen MR) is 82.7 cm³/mol. The number of amides is 1. The molecule has 0 unspecified atom stereocenters. The van der Waals surface area contributed by atoms with E-state index in [9.17, 15) is 9.18 Å². The molecule has 0 aliphatic carbocycles. The zero-order valence-electron chi connectivity index (χ0n) is 11.6. The molecule has 0 aliphatic heterocycles. The molecule has 0 radical (unpaired) electrons. The molecule has 0 aromatic heterocycles. The van der Waals surface area contributed by atoms with Crippen LogP contribution in [0.15, 0.2) is 34.8 Å². The summed E-state index contributed by atoms with van der Waals surface area (Å²) in [7, 11) is 0. The maximum absolute atomic E-state index is 13.4. The average Bonchev–Trinajstić information content (AvgIpc) is 2.38. The zero-order chi connectivity index (χ0) is 14.9. The molecule has 1 N–H and O–H groups in total. The van der Waals surface area contributed by atoms with E-state index < -0.39 is 0 Å². The second-order valence-corrected chi connectivity index (χ2v) is 5.71. The number of benzene rings is 2. The lowest BCUT2D eigenvalue weighted by atomic mass is 10.0. The van der Waals surface area contributed by atoms with Gasteiger partial charge in [0.1, 0.15) is 5.82 Å². The number of anilines is 1. The SMILES string of the molecule is Cc1ccc(C)c(C(=O)Nc2cc(Br)c(F)cc2C)c1. The van der Waals surface area contributed by atoms with Crippen LogP contribution in [-0.4, -0.2) is 5.91 Å². The Labute approximate surface area is 126 Å². The Balaban J connectivity index is 2.32. The maximum Gasteiger partial charge on any atom is 0.255 e. The summed E-state index contributed by atoms with van der Waals surface area (Å²) < 4.78 is 13.7. The van der Waals surface area contributed by atoms with Gasteiger partial charge in [0, 0.05) is 11.3 Å². The van der Waals surface area contributed by atoms with Crippen molar-refractivity contribution in [3.63, 3.8) is 0 Å². The third kappa shape index (κ3) is 3.07. The standard InChI is InChI=1S/C16H15BrFNO/c1-9-4-5-10(2)12(6-9)16(20)19-15-8-13(17)14(18)7-11(15)3/h4-8H,1-3H3,(H,19,20). The van der Waals surface area contributed by atoms with E-state index >= 15 is 0 Å². The molecule has 0 saturated heterocycles. The highest BCUT2D eigenvalue weighted by Gasteiger charge is 2.12. The van der Waals surface area contributed by atoms with Crippen LogP contribution in [0, 0.1) is 26.6 Å². The summed E-state index contributed by atoms with van der Waals surface area (Å²) in [5, 5.41) is 2.83. The molecule has 0 saturated carbocycles. The minimum Gasteiger partial charge on any atom is -0.322 e. The molecular weight excluding hydrogens is 321 g/mol. The molecule has 2 aromatic carbocycles. The molecule has 0 fully saturated rings. The van der Waals surface area contributed by atoms with Gasteiger partial charge in [-0.1, -0.05) is 17.7 Å². The predicted octanol–water partition coefficient (Wildman–Crippen LogP) is 4.77. The summed E-state index contributed by atoms with van der Waals surface area (Å²) in [6.07, 6.45) is 0. The maximum atomic E-state index is 13.4. The summed E-state index contributed by atoms with van der Waals surface area (Å²) in [6, 6.07) is 8.69. The minimum absolute atomic E-state index is 0.187. The molecule has 2 rings (SSSR count). The van der Waals surface area contributed by atoms with Crippen molar-refractivity contribution < 1.29 is 9.18 Å². The highest BCUT2D eigenvalue weighted by atomic mass is 79.9. The van der Waals surface area contributed by atoms with Gasteiger partial charge in [-0.15, -0.1) is 0 Å². The fraction of sp³-hybridized carbons (Fsp3) is 0.188. The molecule has 0 bridgehead atoms. The van der Waals surface area contributed by atoms with E-state index in [2.05, 4.69) is 21.2 Å². The van der Waals surface area contributed by atoms with Gasteiger partial charge >= 0.3 is 0 Å². The number of nitrogens with one attached hydrogen (secondary N) is 1. The minimum atomic E-state index is -0.341. The van der Waals surface area contributed by atoms with Crippen LogP contribution in [0.3, 0.4) is 0 Å². The highest BCUT2D eigenvalue weighted by Crippen LogP contribution is 2.25. The lowest BCUT2D eigenvalue weighted by molar-refractivity contribution is 0.102. The Bertz CT molecular complexity index is 682. The van der Waals surface area contributed by atoms with Crippen molar-refractivity contribution in [2.75, 3.05) is 5.32 Å². The summed E-state index contributed by atoms with van der Waals surface area (Å²) in [6.45, 7) is 5.59. The lowest BCUT2D eigenvalue weighted by Gasteiger charge is -2.11. The molecule has 2 aromatic rings. The molecule has 0 atom stereocenters. The van der Waals surface area contributed by atoms with Gasteiger partial charge in [-0.25, -0.2) is 4.39 Å². The molecule has 1 amide bonds. The highest BCUT2D eigenvalue weighted by molar-refractivity contribution is 9.10. The molecule has 0 aliphatic rings. The van der Waals surface area contributed by atoms with Crippen LogP contribution in [0.4, 0.5) is 10.1 Å². The van der Waals surface area contributed by atoms with E-state index in [1.54, 1.807) is 13.0 Å². The van der Waals surface area contributed by atoms with Crippen molar-refractivity contribution in [3.8, 4) is 0 Å². The largest absolute Gasteiger partial charge is 0.322 e. The molecule has 4 heteroatoms. The molecule has 0 spiro atoms. The Hall–Kier alpha value is -1.68. The number of carbonyl (C=O) groups excluding carboxylic acids is 1. The van der Waals surface area contributed by atoms with Crippen molar-refractivity contribution in [2.45, 2.75) is 20.8 Å². The number of hydrogen-bond acceptors (Lipinski definition) is 1. The molecule has 104 valence electrons. The summed E-state index contributed by atoms with van der Waals surface area (Å²) in [5.74, 6) is -0.528. The van der Waals surface area contributed by atoms with E-state index in [1.807, 2.05) is 32.0 Å². The van der Waals surface area contributed by atoms with Crippen LogP contribution in [0.1, 0.15) is 27.0 Å². The van der Waals surface area contributed by atoms with Gasteiger partial charge < -0.3 is 5.32 Å². The fourth-order valence-electron chi connectivity index (χ4n) is 1.95. The normalized spacial score (nSPS) is 10.4. The van der Waals surface area contributed by atoms with Crippen LogP contribution in [0.2, 0.25) is 0 Å². The third-order valence-corrected chi connectivity index (χ3v) is 3.76. The smallest absolute Gasteiger partial charge is 0.255 e. The Morgan fingerprint density at radius 1 is 1.10 bits per heavy atom. The van der Waals surface area contributed by atoms with Gasteiger partial charge in [0.15, 0.2) is 0 Å². The number of carbonyl (C=O) groups is 1. The number of aryl methyl sites for hydroxylation is 3. The monoisotopic (exact) mass is 335 g/mol. The number of hydrogen-bond donors (Lipinski definition) is 1. The van der Waals surface area contributed by atoms with Gasteiger partial charge in [-0.3, -0.25) is 4.79 Å². The summed E-state index contributed by atoms with van der Waals surface area (Å²) in [5.41, 5.74) is 3.85. The second-order valence-electron chi connectivity index (χ2n) is 4.85. The van der Waals surface area contributed by atoms with E-state index in [0.29, 0.717) is 21.3 Å². The van der Waals surface area contributed by atoms with Crippen LogP contribution < -0.4 is 5.32 Å². The third-order valence-electron chi connectivity index (χ3n) is 3.15. The van der Waals surface area contributed by atoms with Gasteiger partial charge in [0.2, 0.25) is 0 Å². The topological polar surface area (TPSA) is 29.1 Å². The molecular formula is C16H15BrFNO. The van der Waals surface area contributed by atoms with Gasteiger partial charge in [0.25, 0.3) is 5.91 Å². The van der Waals surface area contributed by atoms with Crippen LogP contribution in [-0.2, 0) is 0 Å². The quantitative estimate of drug-likeness (QED) is 0.841. The van der Waals surface area contributed by atoms with Crippen molar-refractivity contribution in [2.24, 2.45) is 0 Å². The van der Waals surface area contributed by atoms with Crippen LogP contribution in [0.5, 0.6) is 0 Å². The number of halogens is 2. The Kier molecular flexibility index (Phi) is 4.23. The van der Waals surface area contributed by atoms with Crippen molar-refractivity contribution >= 4 is 27.5 Å².